The fraction of sp³-hybridized carbons (Fsp3) is 0.407. The molecule has 2 fully saturated rings. The van der Waals surface area contributed by atoms with E-state index in [0.29, 0.717) is 35.5 Å². The number of nitrogens with two attached hydrogens (primary N) is 1. The van der Waals surface area contributed by atoms with E-state index in [9.17, 15) is 5.11 Å². The standard InChI is InChI=1S/C27H32N8O2/c28-27-23(19-22(32-33-27)21-5-1-2-6-24(21)36)34-13-4-14-35(16-15-34)26-8-12-30-25(31-26)7-3-11-29-20-9-17-37-18-10-20/h1-2,5-6,8,12,19-20,29,36H,4,9-11,13-18H2,(H2,28,33). The second kappa shape index (κ2) is 11.9. The molecule has 0 aliphatic carbocycles. The van der Waals surface area contributed by atoms with Crippen molar-refractivity contribution in [2.45, 2.75) is 25.3 Å². The van der Waals surface area contributed by atoms with Crippen molar-refractivity contribution in [3.63, 3.8) is 0 Å². The van der Waals surface area contributed by atoms with Crippen LogP contribution in [-0.4, -0.2) is 77.3 Å². The summed E-state index contributed by atoms with van der Waals surface area (Å²) in [4.78, 5) is 13.5. The van der Waals surface area contributed by atoms with Crippen molar-refractivity contribution < 1.29 is 9.84 Å². The van der Waals surface area contributed by atoms with Gasteiger partial charge in [0, 0.05) is 57.2 Å². The van der Waals surface area contributed by atoms with E-state index in [1.165, 1.54) is 0 Å². The maximum Gasteiger partial charge on any atom is 0.206 e. The number of nitrogens with one attached hydrogen (secondary N) is 1. The number of phenols is 1. The third-order valence-electron chi connectivity index (χ3n) is 6.68. The van der Waals surface area contributed by atoms with E-state index < -0.39 is 0 Å². The minimum Gasteiger partial charge on any atom is -0.507 e. The molecule has 1 aromatic carbocycles. The Morgan fingerprint density at radius 1 is 1.05 bits per heavy atom. The van der Waals surface area contributed by atoms with Gasteiger partial charge in [-0.15, -0.1) is 10.2 Å². The van der Waals surface area contributed by atoms with Crippen molar-refractivity contribution in [2.75, 3.05) is 61.5 Å². The molecular formula is C27H32N8O2. The lowest BCUT2D eigenvalue weighted by Gasteiger charge is -2.25. The SMILES string of the molecule is Nc1nnc(-c2ccccc2O)cc1N1CCCN(c2ccnc(C#CCNC3CCOCC3)n2)CC1. The Labute approximate surface area is 216 Å². The van der Waals surface area contributed by atoms with Crippen LogP contribution >= 0.6 is 0 Å². The minimum atomic E-state index is 0.164. The van der Waals surface area contributed by atoms with E-state index in [1.54, 1.807) is 18.3 Å². The van der Waals surface area contributed by atoms with Crippen molar-refractivity contribution >= 4 is 17.3 Å². The van der Waals surface area contributed by atoms with Crippen LogP contribution in [0.2, 0.25) is 0 Å². The van der Waals surface area contributed by atoms with Gasteiger partial charge < -0.3 is 30.7 Å². The van der Waals surface area contributed by atoms with Gasteiger partial charge in [0.05, 0.1) is 17.9 Å². The lowest BCUT2D eigenvalue weighted by molar-refractivity contribution is 0.0791. The van der Waals surface area contributed by atoms with Gasteiger partial charge in [-0.05, 0) is 49.4 Å². The Morgan fingerprint density at radius 3 is 2.73 bits per heavy atom. The van der Waals surface area contributed by atoms with Gasteiger partial charge in [0.25, 0.3) is 0 Å². The van der Waals surface area contributed by atoms with E-state index in [1.807, 2.05) is 24.3 Å². The number of benzene rings is 1. The van der Waals surface area contributed by atoms with Crippen LogP contribution in [0, 0.1) is 11.8 Å². The number of ether oxygens (including phenoxy) is 1. The van der Waals surface area contributed by atoms with E-state index in [4.69, 9.17) is 15.5 Å². The molecule has 10 nitrogen and oxygen atoms in total. The smallest absolute Gasteiger partial charge is 0.206 e. The van der Waals surface area contributed by atoms with Gasteiger partial charge in [0.2, 0.25) is 5.82 Å². The fourth-order valence-corrected chi connectivity index (χ4v) is 4.66. The Morgan fingerprint density at radius 2 is 1.86 bits per heavy atom. The van der Waals surface area contributed by atoms with Gasteiger partial charge in [-0.25, -0.2) is 9.97 Å². The maximum atomic E-state index is 10.2. The number of anilines is 3. The highest BCUT2D eigenvalue weighted by atomic mass is 16.5. The van der Waals surface area contributed by atoms with Crippen LogP contribution < -0.4 is 20.9 Å². The van der Waals surface area contributed by atoms with Crippen molar-refractivity contribution in [3.05, 3.63) is 48.4 Å². The predicted molar refractivity (Wildman–Crippen MR) is 143 cm³/mol. The Balaban J connectivity index is 1.23. The fourth-order valence-electron chi connectivity index (χ4n) is 4.66. The van der Waals surface area contributed by atoms with E-state index in [-0.39, 0.29) is 5.75 Å². The number of hydrogen-bond acceptors (Lipinski definition) is 10. The normalized spacial score (nSPS) is 16.6. The summed E-state index contributed by atoms with van der Waals surface area (Å²) >= 11 is 0. The molecule has 4 heterocycles. The van der Waals surface area contributed by atoms with Crippen molar-refractivity contribution in [3.8, 4) is 28.8 Å². The maximum absolute atomic E-state index is 10.2. The van der Waals surface area contributed by atoms with Gasteiger partial charge in [-0.1, -0.05) is 18.1 Å². The van der Waals surface area contributed by atoms with Crippen LogP contribution in [0.25, 0.3) is 11.3 Å². The average molecular weight is 501 g/mol. The zero-order valence-electron chi connectivity index (χ0n) is 20.8. The van der Waals surface area contributed by atoms with E-state index in [0.717, 1.165) is 70.2 Å². The van der Waals surface area contributed by atoms with Gasteiger partial charge in [-0.3, -0.25) is 0 Å². The molecule has 0 radical (unpaired) electrons. The zero-order chi connectivity index (χ0) is 25.5. The first-order chi connectivity index (χ1) is 18.2. The number of aromatic hydroxyl groups is 1. The number of hydrogen-bond donors (Lipinski definition) is 3. The number of nitrogens with zero attached hydrogens (tertiary/aromatic N) is 6. The highest BCUT2D eigenvalue weighted by molar-refractivity contribution is 5.74. The molecule has 0 saturated carbocycles. The third-order valence-corrected chi connectivity index (χ3v) is 6.68. The lowest BCUT2D eigenvalue weighted by atomic mass is 10.1. The number of para-hydroxylation sites is 1. The lowest BCUT2D eigenvalue weighted by Crippen LogP contribution is -2.34. The van der Waals surface area contributed by atoms with E-state index >= 15 is 0 Å². The number of phenolic OH excluding ortho intramolecular Hbond substituents is 1. The molecule has 0 spiro atoms. The number of nitrogen functional groups attached to an aromatic ring is 1. The Bertz CT molecular complexity index is 1270. The molecule has 192 valence electrons. The molecule has 0 atom stereocenters. The van der Waals surface area contributed by atoms with Gasteiger partial charge in [0.15, 0.2) is 5.82 Å². The summed E-state index contributed by atoms with van der Waals surface area (Å²) in [6.07, 6.45) is 4.74. The molecular weight excluding hydrogens is 468 g/mol. The first-order valence-electron chi connectivity index (χ1n) is 12.7. The topological polar surface area (TPSA) is 126 Å². The molecule has 10 heteroatoms. The van der Waals surface area contributed by atoms with Crippen LogP contribution in [0.5, 0.6) is 5.75 Å². The van der Waals surface area contributed by atoms with Gasteiger partial charge >= 0.3 is 0 Å². The Kier molecular flexibility index (Phi) is 7.93. The van der Waals surface area contributed by atoms with Crippen molar-refractivity contribution in [1.29, 1.82) is 0 Å². The van der Waals surface area contributed by atoms with E-state index in [2.05, 4.69) is 42.1 Å². The van der Waals surface area contributed by atoms with Gasteiger partial charge in [0.1, 0.15) is 11.6 Å². The molecule has 2 aliphatic rings. The molecule has 2 aliphatic heterocycles. The van der Waals surface area contributed by atoms with Gasteiger partial charge in [-0.2, -0.15) is 0 Å². The largest absolute Gasteiger partial charge is 0.507 e. The summed E-state index contributed by atoms with van der Waals surface area (Å²) in [5.74, 6) is 8.18. The predicted octanol–water partition coefficient (Wildman–Crippen LogP) is 2.06. The quantitative estimate of drug-likeness (QED) is 0.448. The highest BCUT2D eigenvalue weighted by Crippen LogP contribution is 2.31. The first-order valence-corrected chi connectivity index (χ1v) is 12.7. The molecule has 0 bridgehead atoms. The van der Waals surface area contributed by atoms with Crippen LogP contribution in [0.1, 0.15) is 25.1 Å². The second-order valence-electron chi connectivity index (χ2n) is 9.15. The summed E-state index contributed by atoms with van der Waals surface area (Å²) < 4.78 is 5.40. The monoisotopic (exact) mass is 500 g/mol. The molecule has 5 rings (SSSR count). The van der Waals surface area contributed by atoms with Crippen LogP contribution in [0.15, 0.2) is 42.6 Å². The molecule has 4 N–H and O–H groups in total. The van der Waals surface area contributed by atoms with Crippen LogP contribution in [-0.2, 0) is 4.74 Å². The third kappa shape index (κ3) is 6.25. The van der Waals surface area contributed by atoms with Crippen molar-refractivity contribution in [1.82, 2.24) is 25.5 Å². The first kappa shape index (κ1) is 24.7. The molecule has 2 aromatic heterocycles. The minimum absolute atomic E-state index is 0.164. The van der Waals surface area contributed by atoms with Crippen LogP contribution in [0.3, 0.4) is 0 Å². The molecule has 0 amide bonds. The summed E-state index contributed by atoms with van der Waals surface area (Å²) in [5.41, 5.74) is 8.26. The summed E-state index contributed by atoms with van der Waals surface area (Å²) in [6, 6.07) is 11.4. The average Bonchev–Trinajstić information content (AvgIpc) is 3.19. The summed E-state index contributed by atoms with van der Waals surface area (Å²) in [5, 5.41) is 22.1. The zero-order valence-corrected chi connectivity index (χ0v) is 20.8. The highest BCUT2D eigenvalue weighted by Gasteiger charge is 2.20. The number of aromatic nitrogens is 4. The molecule has 37 heavy (non-hydrogen) atoms. The van der Waals surface area contributed by atoms with Crippen molar-refractivity contribution in [2.24, 2.45) is 0 Å². The molecule has 3 aromatic rings. The number of rotatable bonds is 5. The van der Waals surface area contributed by atoms with Crippen LogP contribution in [0.4, 0.5) is 17.3 Å². The second-order valence-corrected chi connectivity index (χ2v) is 9.15. The molecule has 2 saturated heterocycles. The summed E-state index contributed by atoms with van der Waals surface area (Å²) in [6.45, 7) is 5.43. The Hall–Kier alpha value is -3.94. The molecule has 0 unspecified atom stereocenters. The summed E-state index contributed by atoms with van der Waals surface area (Å²) in [7, 11) is 0.